The third-order valence-corrected chi connectivity index (χ3v) is 3.34. The van der Waals surface area contributed by atoms with Crippen molar-refractivity contribution in [3.63, 3.8) is 0 Å². The number of non-ortho nitro benzene ring substituents is 1. The van der Waals surface area contributed by atoms with Crippen molar-refractivity contribution in [3.05, 3.63) is 27.8 Å². The van der Waals surface area contributed by atoms with Gasteiger partial charge >= 0.3 is 5.97 Å². The van der Waals surface area contributed by atoms with E-state index in [1.54, 1.807) is 0 Å². The van der Waals surface area contributed by atoms with Gasteiger partial charge in [-0.3, -0.25) is 10.1 Å². The number of nitro groups is 1. The average molecular weight is 311 g/mol. The van der Waals surface area contributed by atoms with Gasteiger partial charge < -0.3 is 19.3 Å². The summed E-state index contributed by atoms with van der Waals surface area (Å²) in [5, 5.41) is 20.9. The lowest BCUT2D eigenvalue weighted by Crippen LogP contribution is -2.28. The SMILES string of the molecule is CCCCC1Oc2c(OC)cc([N+](=O)[O-])cc2C(O)OC1=O. The number of cyclic esters (lactones) is 1. The number of esters is 1. The van der Waals surface area contributed by atoms with E-state index in [1.807, 2.05) is 6.92 Å². The maximum Gasteiger partial charge on any atom is 0.349 e. The second-order valence-corrected chi connectivity index (χ2v) is 4.86. The van der Waals surface area contributed by atoms with E-state index in [4.69, 9.17) is 14.2 Å². The molecule has 0 radical (unpaired) electrons. The van der Waals surface area contributed by atoms with Crippen LogP contribution in [0.5, 0.6) is 11.5 Å². The summed E-state index contributed by atoms with van der Waals surface area (Å²) in [6.07, 6.45) is -0.503. The van der Waals surface area contributed by atoms with Crippen LogP contribution in [-0.2, 0) is 9.53 Å². The van der Waals surface area contributed by atoms with Crippen LogP contribution in [0.1, 0.15) is 38.0 Å². The van der Waals surface area contributed by atoms with E-state index < -0.39 is 23.3 Å². The van der Waals surface area contributed by atoms with E-state index in [0.29, 0.717) is 6.42 Å². The Morgan fingerprint density at radius 2 is 2.14 bits per heavy atom. The first kappa shape index (κ1) is 16.0. The van der Waals surface area contributed by atoms with Crippen molar-refractivity contribution < 1.29 is 29.0 Å². The second kappa shape index (κ2) is 6.61. The van der Waals surface area contributed by atoms with Gasteiger partial charge in [0.2, 0.25) is 6.29 Å². The Morgan fingerprint density at radius 1 is 1.41 bits per heavy atom. The number of nitrogens with zero attached hydrogens (tertiary/aromatic N) is 1. The van der Waals surface area contributed by atoms with Gasteiger partial charge in [-0.1, -0.05) is 13.3 Å². The van der Waals surface area contributed by atoms with Gasteiger partial charge in [-0.05, 0) is 12.8 Å². The van der Waals surface area contributed by atoms with Crippen LogP contribution in [-0.4, -0.2) is 29.2 Å². The Balaban J connectivity index is 2.47. The molecule has 0 bridgehead atoms. The highest BCUT2D eigenvalue weighted by Crippen LogP contribution is 2.42. The number of carbonyl (C=O) groups excluding carboxylic acids is 1. The Kier molecular flexibility index (Phi) is 4.81. The van der Waals surface area contributed by atoms with Crippen LogP contribution in [0.2, 0.25) is 0 Å². The summed E-state index contributed by atoms with van der Waals surface area (Å²) in [7, 11) is 1.32. The molecule has 8 nitrogen and oxygen atoms in total. The van der Waals surface area contributed by atoms with Crippen LogP contribution in [0.4, 0.5) is 5.69 Å². The monoisotopic (exact) mass is 311 g/mol. The largest absolute Gasteiger partial charge is 0.493 e. The Morgan fingerprint density at radius 3 is 2.73 bits per heavy atom. The highest BCUT2D eigenvalue weighted by Gasteiger charge is 2.35. The number of aliphatic hydroxyl groups is 1. The minimum absolute atomic E-state index is 0.00148. The molecule has 0 fully saturated rings. The van der Waals surface area contributed by atoms with Gasteiger partial charge in [0.15, 0.2) is 17.6 Å². The van der Waals surface area contributed by atoms with Crippen molar-refractivity contribution in [2.24, 2.45) is 0 Å². The first-order valence-electron chi connectivity index (χ1n) is 6.89. The highest BCUT2D eigenvalue weighted by atomic mass is 16.7. The van der Waals surface area contributed by atoms with Gasteiger partial charge in [0.1, 0.15) is 0 Å². The molecule has 1 aromatic carbocycles. The molecule has 2 atom stereocenters. The van der Waals surface area contributed by atoms with Crippen molar-refractivity contribution in [3.8, 4) is 11.5 Å². The third kappa shape index (κ3) is 3.11. The highest BCUT2D eigenvalue weighted by molar-refractivity contribution is 5.76. The van der Waals surface area contributed by atoms with Crippen LogP contribution in [0.3, 0.4) is 0 Å². The van der Waals surface area contributed by atoms with Crippen molar-refractivity contribution in [1.29, 1.82) is 0 Å². The fraction of sp³-hybridized carbons (Fsp3) is 0.500. The van der Waals surface area contributed by atoms with E-state index >= 15 is 0 Å². The molecule has 120 valence electrons. The van der Waals surface area contributed by atoms with Crippen LogP contribution in [0, 0.1) is 10.1 Å². The molecule has 1 aliphatic heterocycles. The zero-order chi connectivity index (χ0) is 16.3. The maximum atomic E-state index is 11.9. The number of rotatable bonds is 5. The molecular formula is C14H17NO7. The standard InChI is InChI=1S/C14H17NO7/c1-3-4-5-10-14(17)22-13(16)9-6-8(15(18)19)7-11(20-2)12(9)21-10/h6-7,10,13,16H,3-5H2,1-2H3. The summed E-state index contributed by atoms with van der Waals surface area (Å²) in [6, 6.07) is 2.29. The van der Waals surface area contributed by atoms with Crippen LogP contribution in [0.15, 0.2) is 12.1 Å². The summed E-state index contributed by atoms with van der Waals surface area (Å²) < 4.78 is 15.6. The Labute approximate surface area is 126 Å². The quantitative estimate of drug-likeness (QED) is 0.504. The molecule has 0 saturated heterocycles. The van der Waals surface area contributed by atoms with Crippen LogP contribution >= 0.6 is 0 Å². The minimum Gasteiger partial charge on any atom is -0.493 e. The second-order valence-electron chi connectivity index (χ2n) is 4.86. The lowest BCUT2D eigenvalue weighted by atomic mass is 10.1. The molecule has 0 saturated carbocycles. The van der Waals surface area contributed by atoms with Crippen molar-refractivity contribution in [1.82, 2.24) is 0 Å². The van der Waals surface area contributed by atoms with Gasteiger partial charge in [0.25, 0.3) is 5.69 Å². The number of ether oxygens (including phenoxy) is 3. The molecule has 0 aliphatic carbocycles. The smallest absolute Gasteiger partial charge is 0.349 e. The first-order valence-corrected chi connectivity index (χ1v) is 6.89. The van der Waals surface area contributed by atoms with E-state index in [1.165, 1.54) is 13.2 Å². The molecule has 2 unspecified atom stereocenters. The minimum atomic E-state index is -1.64. The molecule has 0 spiro atoms. The Hall–Kier alpha value is -2.35. The van der Waals surface area contributed by atoms with Crippen LogP contribution < -0.4 is 9.47 Å². The molecule has 1 heterocycles. The molecule has 2 rings (SSSR count). The zero-order valence-corrected chi connectivity index (χ0v) is 12.3. The molecule has 22 heavy (non-hydrogen) atoms. The predicted molar refractivity (Wildman–Crippen MR) is 74.6 cm³/mol. The molecule has 0 aromatic heterocycles. The fourth-order valence-corrected chi connectivity index (χ4v) is 2.18. The van der Waals surface area contributed by atoms with Gasteiger partial charge in [-0.15, -0.1) is 0 Å². The van der Waals surface area contributed by atoms with Gasteiger partial charge in [-0.25, -0.2) is 4.79 Å². The molecule has 1 N–H and O–H groups in total. The summed E-state index contributed by atoms with van der Waals surface area (Å²) >= 11 is 0. The third-order valence-electron chi connectivity index (χ3n) is 3.34. The molecule has 0 amide bonds. The number of benzene rings is 1. The van der Waals surface area contributed by atoms with Gasteiger partial charge in [0, 0.05) is 6.07 Å². The summed E-state index contributed by atoms with van der Waals surface area (Å²) in [5.41, 5.74) is -0.292. The molecular weight excluding hydrogens is 294 g/mol. The topological polar surface area (TPSA) is 108 Å². The van der Waals surface area contributed by atoms with Gasteiger partial charge in [-0.2, -0.15) is 0 Å². The van der Waals surface area contributed by atoms with Crippen molar-refractivity contribution >= 4 is 11.7 Å². The lowest BCUT2D eigenvalue weighted by molar-refractivity contribution is -0.385. The molecule has 1 aliphatic rings. The molecule has 1 aromatic rings. The average Bonchev–Trinajstić information content (AvgIpc) is 2.61. The van der Waals surface area contributed by atoms with Gasteiger partial charge in [0.05, 0.1) is 23.7 Å². The van der Waals surface area contributed by atoms with E-state index in [-0.39, 0.29) is 22.7 Å². The summed E-state index contributed by atoms with van der Waals surface area (Å²) in [5.74, 6) is -0.544. The number of carbonyl (C=O) groups is 1. The molecule has 8 heteroatoms. The van der Waals surface area contributed by atoms with Crippen LogP contribution in [0.25, 0.3) is 0 Å². The number of aliphatic hydroxyl groups excluding tert-OH is 1. The van der Waals surface area contributed by atoms with Crippen molar-refractivity contribution in [2.75, 3.05) is 7.11 Å². The van der Waals surface area contributed by atoms with E-state index in [2.05, 4.69) is 0 Å². The summed E-state index contributed by atoms with van der Waals surface area (Å²) in [4.78, 5) is 22.2. The number of unbranched alkanes of at least 4 members (excludes halogenated alkanes) is 1. The summed E-state index contributed by atoms with van der Waals surface area (Å²) in [6.45, 7) is 1.97. The van der Waals surface area contributed by atoms with Crippen molar-refractivity contribution in [2.45, 2.75) is 38.6 Å². The first-order chi connectivity index (χ1) is 10.5. The van der Waals surface area contributed by atoms with E-state index in [0.717, 1.165) is 18.9 Å². The number of fused-ring (bicyclic) bond motifs is 1. The Bertz CT molecular complexity index is 587. The number of hydrogen-bond acceptors (Lipinski definition) is 7. The fourth-order valence-electron chi connectivity index (χ4n) is 2.18. The zero-order valence-electron chi connectivity index (χ0n) is 12.3. The lowest BCUT2D eigenvalue weighted by Gasteiger charge is -2.16. The predicted octanol–water partition coefficient (Wildman–Crippen LogP) is 2.09. The van der Waals surface area contributed by atoms with E-state index in [9.17, 15) is 20.0 Å². The maximum absolute atomic E-state index is 11.9. The normalized spacial score (nSPS) is 20.4. The number of hydrogen-bond donors (Lipinski definition) is 1. The number of methoxy groups -OCH3 is 1. The number of nitro benzene ring substituents is 1.